The van der Waals surface area contributed by atoms with Gasteiger partial charge < -0.3 is 9.31 Å². The van der Waals surface area contributed by atoms with Gasteiger partial charge in [-0.05, 0) is 59.1 Å². The van der Waals surface area contributed by atoms with Gasteiger partial charge in [0.15, 0.2) is 0 Å². The maximum atomic E-state index is 6.13. The Labute approximate surface area is 154 Å². The zero-order chi connectivity index (χ0) is 18.2. The fourth-order valence-electron chi connectivity index (χ4n) is 2.73. The minimum atomic E-state index is -0.354. The topological polar surface area (TPSA) is 31.4 Å². The molecule has 1 aromatic carbocycles. The van der Waals surface area contributed by atoms with Crippen molar-refractivity contribution in [3.8, 4) is 11.8 Å². The van der Waals surface area contributed by atoms with Crippen molar-refractivity contribution >= 4 is 23.9 Å². The van der Waals surface area contributed by atoms with E-state index in [1.807, 2.05) is 30.6 Å². The Kier molecular flexibility index (Phi) is 4.81. The molecule has 0 unspecified atom stereocenters. The van der Waals surface area contributed by atoms with Crippen LogP contribution in [0.15, 0.2) is 29.8 Å². The third-order valence-corrected chi connectivity index (χ3v) is 6.13. The van der Waals surface area contributed by atoms with Crippen LogP contribution in [0.25, 0.3) is 0 Å². The molecule has 0 radical (unpaired) electrons. The first-order valence-electron chi connectivity index (χ1n) is 8.57. The Morgan fingerprint density at radius 2 is 1.84 bits per heavy atom. The van der Waals surface area contributed by atoms with Crippen LogP contribution in [0.5, 0.6) is 0 Å². The van der Waals surface area contributed by atoms with Gasteiger partial charge in [0, 0.05) is 10.4 Å². The van der Waals surface area contributed by atoms with E-state index < -0.39 is 0 Å². The molecule has 1 aliphatic heterocycles. The lowest BCUT2D eigenvalue weighted by atomic mass is 9.78. The zero-order valence-electron chi connectivity index (χ0n) is 15.7. The van der Waals surface area contributed by atoms with Gasteiger partial charge in [-0.3, -0.25) is 0 Å². The third kappa shape index (κ3) is 3.67. The summed E-state index contributed by atoms with van der Waals surface area (Å²) >= 11 is 1.66. The van der Waals surface area contributed by atoms with Crippen LogP contribution < -0.4 is 5.46 Å². The van der Waals surface area contributed by atoms with Crippen molar-refractivity contribution in [1.29, 1.82) is 0 Å². The van der Waals surface area contributed by atoms with E-state index in [-0.39, 0.29) is 24.2 Å². The maximum absolute atomic E-state index is 6.13. The summed E-state index contributed by atoms with van der Waals surface area (Å²) in [6.07, 6.45) is 0. The van der Waals surface area contributed by atoms with Gasteiger partial charge in [-0.1, -0.05) is 24.0 Å². The van der Waals surface area contributed by atoms with Crippen LogP contribution in [0.3, 0.4) is 0 Å². The summed E-state index contributed by atoms with van der Waals surface area (Å²) in [5, 5.41) is 0. The van der Waals surface area contributed by atoms with E-state index in [2.05, 4.69) is 57.5 Å². The average Bonchev–Trinajstić information content (AvgIpc) is 3.06. The summed E-state index contributed by atoms with van der Waals surface area (Å²) in [4.78, 5) is 5.54. The molecule has 130 valence electrons. The van der Waals surface area contributed by atoms with E-state index in [9.17, 15) is 0 Å². The number of hydrogen-bond acceptors (Lipinski definition) is 4. The van der Waals surface area contributed by atoms with Crippen LogP contribution in [0.1, 0.15) is 56.7 Å². The minimum absolute atomic E-state index is 0.174. The highest BCUT2D eigenvalue weighted by Crippen LogP contribution is 2.36. The fraction of sp³-hybridized carbons (Fsp3) is 0.450. The highest BCUT2D eigenvalue weighted by atomic mass is 32.1. The Hall–Kier alpha value is -1.61. The number of aryl methyl sites for hydroxylation is 1. The van der Waals surface area contributed by atoms with Crippen LogP contribution in [-0.4, -0.2) is 23.3 Å². The van der Waals surface area contributed by atoms with Gasteiger partial charge in [0.1, 0.15) is 0 Å². The van der Waals surface area contributed by atoms with Crippen molar-refractivity contribution < 1.29 is 9.31 Å². The molecule has 0 spiro atoms. The van der Waals surface area contributed by atoms with Crippen molar-refractivity contribution in [2.75, 3.05) is 0 Å². The highest BCUT2D eigenvalue weighted by Gasteiger charge is 2.51. The molecule has 5 heteroatoms. The standard InChI is InChI=1S/C20H24BNO2S/c1-14(18-15(2)22-13-25-18)10-11-16-8-7-9-17(12-16)21-23-19(3,4)20(5,6)24-21/h7-9,12-14H,1-6H3/t14-/m0/s1. The molecule has 1 fully saturated rings. The smallest absolute Gasteiger partial charge is 0.399 e. The van der Waals surface area contributed by atoms with Gasteiger partial charge in [-0.25, -0.2) is 4.98 Å². The normalized spacial score (nSPS) is 19.4. The number of nitrogens with zero attached hydrogens (tertiary/aromatic N) is 1. The quantitative estimate of drug-likeness (QED) is 0.606. The van der Waals surface area contributed by atoms with Gasteiger partial charge in [-0.15, -0.1) is 11.3 Å². The monoisotopic (exact) mass is 353 g/mol. The summed E-state index contributed by atoms with van der Waals surface area (Å²) in [5.41, 5.74) is 4.25. The molecule has 0 N–H and O–H groups in total. The molecule has 1 saturated heterocycles. The largest absolute Gasteiger partial charge is 0.494 e. The Morgan fingerprint density at radius 1 is 1.16 bits per heavy atom. The number of hydrogen-bond donors (Lipinski definition) is 0. The van der Waals surface area contributed by atoms with Gasteiger partial charge >= 0.3 is 7.12 Å². The van der Waals surface area contributed by atoms with E-state index in [4.69, 9.17) is 9.31 Å². The summed E-state index contributed by atoms with van der Waals surface area (Å²) in [7, 11) is -0.354. The van der Waals surface area contributed by atoms with Gasteiger partial charge in [0.25, 0.3) is 0 Å². The minimum Gasteiger partial charge on any atom is -0.399 e. The van der Waals surface area contributed by atoms with Gasteiger partial charge in [0.05, 0.1) is 28.3 Å². The second-order valence-corrected chi connectivity index (χ2v) is 8.39. The second-order valence-electron chi connectivity index (χ2n) is 7.51. The Balaban J connectivity index is 1.80. The van der Waals surface area contributed by atoms with E-state index >= 15 is 0 Å². The predicted octanol–water partition coefficient (Wildman–Crippen LogP) is 3.91. The molecule has 1 aromatic heterocycles. The van der Waals surface area contributed by atoms with Crippen molar-refractivity contribution in [1.82, 2.24) is 4.98 Å². The van der Waals surface area contributed by atoms with Crippen molar-refractivity contribution in [3.05, 3.63) is 45.9 Å². The van der Waals surface area contributed by atoms with Crippen LogP contribution in [0, 0.1) is 18.8 Å². The summed E-state index contributed by atoms with van der Waals surface area (Å²) in [5.74, 6) is 6.79. The lowest BCUT2D eigenvalue weighted by molar-refractivity contribution is 0.00578. The summed E-state index contributed by atoms with van der Waals surface area (Å²) < 4.78 is 12.3. The first kappa shape index (κ1) is 18.2. The molecule has 1 atom stereocenters. The Morgan fingerprint density at radius 3 is 2.44 bits per heavy atom. The second kappa shape index (κ2) is 6.61. The predicted molar refractivity (Wildman–Crippen MR) is 104 cm³/mol. The molecular weight excluding hydrogens is 329 g/mol. The molecule has 1 aliphatic rings. The van der Waals surface area contributed by atoms with E-state index in [0.717, 1.165) is 16.7 Å². The zero-order valence-corrected chi connectivity index (χ0v) is 16.5. The molecule has 25 heavy (non-hydrogen) atoms. The van der Waals surface area contributed by atoms with Crippen LogP contribution in [0.4, 0.5) is 0 Å². The highest BCUT2D eigenvalue weighted by molar-refractivity contribution is 7.09. The van der Waals surface area contributed by atoms with E-state index in [1.54, 1.807) is 11.3 Å². The molecular formula is C20H24BNO2S. The van der Waals surface area contributed by atoms with Crippen LogP contribution >= 0.6 is 11.3 Å². The number of thiazole rings is 1. The van der Waals surface area contributed by atoms with Crippen molar-refractivity contribution in [2.45, 2.75) is 58.7 Å². The lowest BCUT2D eigenvalue weighted by Gasteiger charge is -2.32. The number of aromatic nitrogens is 1. The van der Waals surface area contributed by atoms with Gasteiger partial charge in [-0.2, -0.15) is 0 Å². The lowest BCUT2D eigenvalue weighted by Crippen LogP contribution is -2.41. The van der Waals surface area contributed by atoms with Crippen molar-refractivity contribution in [3.63, 3.8) is 0 Å². The summed E-state index contributed by atoms with van der Waals surface area (Å²) in [6.45, 7) is 12.4. The fourth-order valence-corrected chi connectivity index (χ4v) is 3.54. The molecule has 2 heterocycles. The maximum Gasteiger partial charge on any atom is 0.494 e. The molecule has 0 saturated carbocycles. The number of rotatable bonds is 2. The molecule has 2 aromatic rings. The molecule has 3 nitrogen and oxygen atoms in total. The molecule has 0 aliphatic carbocycles. The molecule has 0 bridgehead atoms. The summed E-state index contributed by atoms with van der Waals surface area (Å²) in [6, 6.07) is 8.12. The van der Waals surface area contributed by atoms with E-state index in [1.165, 1.54) is 4.88 Å². The first-order chi connectivity index (χ1) is 11.7. The first-order valence-corrected chi connectivity index (χ1v) is 9.45. The third-order valence-electron chi connectivity index (χ3n) is 5.02. The molecule has 3 rings (SSSR count). The molecule has 0 amide bonds. The Bertz CT molecular complexity index is 815. The van der Waals surface area contributed by atoms with E-state index in [0.29, 0.717) is 0 Å². The van der Waals surface area contributed by atoms with Crippen molar-refractivity contribution in [2.24, 2.45) is 0 Å². The number of benzene rings is 1. The SMILES string of the molecule is Cc1ncsc1[C@@H](C)C#Cc1cccc(B2OC(C)(C)C(C)(C)O2)c1. The van der Waals surface area contributed by atoms with Crippen LogP contribution in [0.2, 0.25) is 0 Å². The van der Waals surface area contributed by atoms with Gasteiger partial charge in [0.2, 0.25) is 0 Å². The average molecular weight is 353 g/mol. The van der Waals surface area contributed by atoms with Crippen LogP contribution in [-0.2, 0) is 9.31 Å².